The lowest BCUT2D eigenvalue weighted by Crippen LogP contribution is -2.42. The van der Waals surface area contributed by atoms with Gasteiger partial charge in [0, 0.05) is 17.1 Å². The summed E-state index contributed by atoms with van der Waals surface area (Å²) >= 11 is 1.41. The van der Waals surface area contributed by atoms with E-state index in [1.54, 1.807) is 18.3 Å². The van der Waals surface area contributed by atoms with Crippen molar-refractivity contribution >= 4 is 34.1 Å². The Morgan fingerprint density at radius 1 is 1.06 bits per heavy atom. The highest BCUT2D eigenvalue weighted by Gasteiger charge is 2.20. The van der Waals surface area contributed by atoms with Gasteiger partial charge in [0.05, 0.1) is 17.0 Å². The number of nitrogens with zero attached hydrogens (tertiary/aromatic N) is 3. The van der Waals surface area contributed by atoms with Crippen molar-refractivity contribution in [1.82, 2.24) is 30.6 Å². The quantitative estimate of drug-likeness (QED) is 0.349. The monoisotopic (exact) mass is 460 g/mol. The Bertz CT molecular complexity index is 1460. The first-order valence-corrected chi connectivity index (χ1v) is 10.9. The summed E-state index contributed by atoms with van der Waals surface area (Å²) in [6, 6.07) is 17.2. The molecular weight excluding hydrogens is 443 g/mol. The molecule has 0 aliphatic carbocycles. The van der Waals surface area contributed by atoms with Gasteiger partial charge < -0.3 is 4.98 Å². The highest BCUT2D eigenvalue weighted by Crippen LogP contribution is 2.26. The Morgan fingerprint density at radius 2 is 1.94 bits per heavy atom. The SMILES string of the molecule is O=C(Cc1c[nH]c2ccccc12)NNC(=O)c1nc(-c2cccs2)n(-c2cccc(F)c2)n1. The van der Waals surface area contributed by atoms with Crippen molar-refractivity contribution in [3.63, 3.8) is 0 Å². The van der Waals surface area contributed by atoms with Gasteiger partial charge in [-0.1, -0.05) is 30.3 Å². The molecule has 0 saturated carbocycles. The number of carbonyl (C=O) groups excluding carboxylic acids is 2. The molecule has 0 aliphatic heterocycles. The summed E-state index contributed by atoms with van der Waals surface area (Å²) in [6.45, 7) is 0. The molecule has 2 aromatic carbocycles. The van der Waals surface area contributed by atoms with Gasteiger partial charge in [-0.15, -0.1) is 16.4 Å². The Kier molecular flexibility index (Phi) is 5.41. The topological polar surface area (TPSA) is 105 Å². The second-order valence-electron chi connectivity index (χ2n) is 7.17. The third-order valence-corrected chi connectivity index (χ3v) is 5.81. The lowest BCUT2D eigenvalue weighted by Gasteiger charge is -2.05. The number of thiophene rings is 1. The van der Waals surface area contributed by atoms with Crippen molar-refractivity contribution in [3.05, 3.63) is 89.4 Å². The zero-order valence-electron chi connectivity index (χ0n) is 17.1. The van der Waals surface area contributed by atoms with Crippen molar-refractivity contribution in [3.8, 4) is 16.4 Å². The number of halogens is 1. The summed E-state index contributed by atoms with van der Waals surface area (Å²) in [6.07, 6.45) is 1.84. The molecule has 0 unspecified atom stereocenters. The third kappa shape index (κ3) is 4.23. The van der Waals surface area contributed by atoms with Gasteiger partial charge in [0.25, 0.3) is 0 Å². The molecule has 2 amide bonds. The van der Waals surface area contributed by atoms with Crippen LogP contribution in [0.15, 0.2) is 72.2 Å². The molecule has 3 N–H and O–H groups in total. The number of hydrogen-bond acceptors (Lipinski definition) is 5. The van der Waals surface area contributed by atoms with Crippen molar-refractivity contribution in [2.45, 2.75) is 6.42 Å². The van der Waals surface area contributed by atoms with Crippen LogP contribution in [0.4, 0.5) is 4.39 Å². The van der Waals surface area contributed by atoms with Crippen molar-refractivity contribution < 1.29 is 14.0 Å². The number of benzene rings is 2. The summed E-state index contributed by atoms with van der Waals surface area (Å²) in [4.78, 5) is 33.2. The highest BCUT2D eigenvalue weighted by atomic mass is 32.1. The molecule has 5 aromatic rings. The second-order valence-corrected chi connectivity index (χ2v) is 8.11. The maximum atomic E-state index is 13.8. The number of fused-ring (bicyclic) bond motifs is 1. The number of aromatic amines is 1. The average Bonchev–Trinajstić information content (AvgIpc) is 3.57. The van der Waals surface area contributed by atoms with Gasteiger partial charge in [-0.25, -0.2) is 14.1 Å². The molecule has 0 radical (unpaired) electrons. The van der Waals surface area contributed by atoms with E-state index in [9.17, 15) is 14.0 Å². The number of rotatable bonds is 5. The standard InChI is InChI=1S/C23H17FN6O2S/c24-15-5-3-6-16(12-15)30-22(19-9-4-10-33-19)26-21(29-30)23(32)28-27-20(31)11-14-13-25-18-8-2-1-7-17(14)18/h1-10,12-13,25H,11H2,(H,27,31)(H,28,32). The lowest BCUT2D eigenvalue weighted by atomic mass is 10.1. The van der Waals surface area contributed by atoms with E-state index in [-0.39, 0.29) is 12.2 Å². The van der Waals surface area contributed by atoms with Crippen LogP contribution in [0.3, 0.4) is 0 Å². The molecule has 0 spiro atoms. The fourth-order valence-electron chi connectivity index (χ4n) is 3.44. The molecule has 0 saturated heterocycles. The predicted molar refractivity (Wildman–Crippen MR) is 122 cm³/mol. The number of carbonyl (C=O) groups is 2. The normalized spacial score (nSPS) is 10.9. The summed E-state index contributed by atoms with van der Waals surface area (Å²) in [7, 11) is 0. The van der Waals surface area contributed by atoms with Gasteiger partial charge in [-0.3, -0.25) is 20.4 Å². The van der Waals surface area contributed by atoms with Crippen LogP contribution in [-0.2, 0) is 11.2 Å². The third-order valence-electron chi connectivity index (χ3n) is 4.95. The second kappa shape index (κ2) is 8.67. The molecular formula is C23H17FN6O2S. The van der Waals surface area contributed by atoms with Crippen LogP contribution in [0, 0.1) is 5.82 Å². The Hall–Kier alpha value is -4.31. The van der Waals surface area contributed by atoms with Crippen LogP contribution < -0.4 is 10.9 Å². The molecule has 0 atom stereocenters. The van der Waals surface area contributed by atoms with Crippen molar-refractivity contribution in [1.29, 1.82) is 0 Å². The van der Waals surface area contributed by atoms with Crippen LogP contribution in [0.25, 0.3) is 27.3 Å². The van der Waals surface area contributed by atoms with Crippen LogP contribution >= 0.6 is 11.3 Å². The molecule has 164 valence electrons. The first-order chi connectivity index (χ1) is 16.1. The summed E-state index contributed by atoms with van der Waals surface area (Å²) in [5.74, 6) is -1.28. The van der Waals surface area contributed by atoms with Crippen LogP contribution in [0.2, 0.25) is 0 Å². The number of amides is 2. The predicted octanol–water partition coefficient (Wildman–Crippen LogP) is 3.62. The van der Waals surface area contributed by atoms with Gasteiger partial charge in [-0.2, -0.15) is 0 Å². The first kappa shape index (κ1) is 20.6. The number of hydrogen-bond donors (Lipinski definition) is 3. The maximum absolute atomic E-state index is 13.8. The zero-order valence-corrected chi connectivity index (χ0v) is 17.9. The number of aromatic nitrogens is 4. The van der Waals surface area contributed by atoms with Crippen LogP contribution in [0.5, 0.6) is 0 Å². The summed E-state index contributed by atoms with van der Waals surface area (Å²) in [5.41, 5.74) is 6.91. The van der Waals surface area contributed by atoms with Gasteiger partial charge >= 0.3 is 5.91 Å². The van der Waals surface area contributed by atoms with Crippen molar-refractivity contribution in [2.75, 3.05) is 0 Å². The molecule has 0 bridgehead atoms. The zero-order chi connectivity index (χ0) is 22.8. The molecule has 10 heteroatoms. The number of H-pyrrole nitrogens is 1. The fourth-order valence-corrected chi connectivity index (χ4v) is 4.14. The van der Waals surface area contributed by atoms with E-state index < -0.39 is 17.6 Å². The fraction of sp³-hybridized carbons (Fsp3) is 0.0435. The maximum Gasteiger partial charge on any atom is 0.309 e. The number of nitrogens with one attached hydrogen (secondary N) is 3. The molecule has 3 heterocycles. The molecule has 8 nitrogen and oxygen atoms in total. The van der Waals surface area contributed by atoms with Crippen LogP contribution in [0.1, 0.15) is 16.2 Å². The molecule has 5 rings (SSSR count). The van der Waals surface area contributed by atoms with Gasteiger partial charge in [0.2, 0.25) is 11.7 Å². The summed E-state index contributed by atoms with van der Waals surface area (Å²) < 4.78 is 15.2. The molecule has 33 heavy (non-hydrogen) atoms. The minimum Gasteiger partial charge on any atom is -0.361 e. The first-order valence-electron chi connectivity index (χ1n) is 9.99. The smallest absolute Gasteiger partial charge is 0.309 e. The van der Waals surface area contributed by atoms with Crippen molar-refractivity contribution in [2.24, 2.45) is 0 Å². The number of hydrazine groups is 1. The van der Waals surface area contributed by atoms with E-state index in [0.29, 0.717) is 11.5 Å². The Morgan fingerprint density at radius 3 is 2.76 bits per heavy atom. The molecule has 3 aromatic heterocycles. The van der Waals surface area contributed by atoms with Gasteiger partial charge in [-0.05, 0) is 41.3 Å². The minimum absolute atomic E-state index is 0.0793. The summed E-state index contributed by atoms with van der Waals surface area (Å²) in [5, 5.41) is 7.05. The number of para-hydroxylation sites is 1. The van der Waals surface area contributed by atoms with E-state index in [4.69, 9.17) is 0 Å². The largest absolute Gasteiger partial charge is 0.361 e. The van der Waals surface area contributed by atoms with Gasteiger partial charge in [0.1, 0.15) is 5.82 Å². The molecule has 0 fully saturated rings. The Balaban J connectivity index is 1.33. The van der Waals surface area contributed by atoms with E-state index in [2.05, 4.69) is 25.9 Å². The minimum atomic E-state index is -0.685. The van der Waals surface area contributed by atoms with E-state index >= 15 is 0 Å². The highest BCUT2D eigenvalue weighted by molar-refractivity contribution is 7.13. The average molecular weight is 460 g/mol. The van der Waals surface area contributed by atoms with Gasteiger partial charge in [0.15, 0.2) is 5.82 Å². The van der Waals surface area contributed by atoms with E-state index in [0.717, 1.165) is 21.3 Å². The van der Waals surface area contributed by atoms with E-state index in [1.807, 2.05) is 41.8 Å². The van der Waals surface area contributed by atoms with E-state index in [1.165, 1.54) is 28.2 Å². The Labute approximate surface area is 191 Å². The molecule has 0 aliphatic rings. The van der Waals surface area contributed by atoms with Crippen LogP contribution in [-0.4, -0.2) is 31.6 Å². The lowest BCUT2D eigenvalue weighted by molar-refractivity contribution is -0.121.